The van der Waals surface area contributed by atoms with Crippen molar-refractivity contribution < 1.29 is 4.74 Å². The maximum absolute atomic E-state index is 5.35. The number of nitrogens with two attached hydrogens (primary N) is 1. The first-order valence-corrected chi connectivity index (χ1v) is 5.22. The van der Waals surface area contributed by atoms with Crippen LogP contribution in [0.4, 0.5) is 0 Å². The van der Waals surface area contributed by atoms with Crippen molar-refractivity contribution in [1.29, 1.82) is 0 Å². The highest BCUT2D eigenvalue weighted by Crippen LogP contribution is 2.05. The quantitative estimate of drug-likeness (QED) is 0.259. The number of aliphatic imine (C=N–C) groups is 1. The largest absolute Gasteiger partial charge is 0.379 e. The Labute approximate surface area is 85.1 Å². The molecule has 0 aromatic rings. The standard InChI is InChI=1S/C9H20N4O/c1-2-5-11-9(13-10)12-8-4-3-6-14-7-8/h8H,2-7,10H2,1H3,(H2,11,12,13). The number of hydrazine groups is 1. The Kier molecular flexibility index (Phi) is 5.32. The van der Waals surface area contributed by atoms with E-state index in [0.717, 1.165) is 39.0 Å². The molecule has 1 heterocycles. The van der Waals surface area contributed by atoms with Crippen molar-refractivity contribution in [3.05, 3.63) is 0 Å². The summed E-state index contributed by atoms with van der Waals surface area (Å²) in [4.78, 5) is 4.27. The third kappa shape index (κ3) is 3.93. The number of nitrogens with one attached hydrogen (secondary N) is 2. The van der Waals surface area contributed by atoms with Crippen LogP contribution in [0, 0.1) is 0 Å². The van der Waals surface area contributed by atoms with Crippen LogP contribution in [0.2, 0.25) is 0 Å². The van der Waals surface area contributed by atoms with E-state index < -0.39 is 0 Å². The Balaban J connectivity index is 2.30. The first-order chi connectivity index (χ1) is 6.86. The highest BCUT2D eigenvalue weighted by Gasteiger charge is 2.14. The van der Waals surface area contributed by atoms with Crippen molar-refractivity contribution in [1.82, 2.24) is 10.7 Å². The Bertz CT molecular complexity index is 178. The van der Waals surface area contributed by atoms with Gasteiger partial charge >= 0.3 is 0 Å². The average Bonchev–Trinajstić information content (AvgIpc) is 2.25. The second-order valence-electron chi connectivity index (χ2n) is 3.43. The summed E-state index contributed by atoms with van der Waals surface area (Å²) < 4.78 is 5.35. The van der Waals surface area contributed by atoms with Crippen molar-refractivity contribution in [3.63, 3.8) is 0 Å². The minimum atomic E-state index is 0.343. The highest BCUT2D eigenvalue weighted by atomic mass is 16.5. The van der Waals surface area contributed by atoms with Crippen LogP contribution in [0.3, 0.4) is 0 Å². The maximum atomic E-state index is 5.35. The zero-order chi connectivity index (χ0) is 10.2. The van der Waals surface area contributed by atoms with Crippen molar-refractivity contribution in [2.75, 3.05) is 19.8 Å². The zero-order valence-electron chi connectivity index (χ0n) is 8.75. The minimum absolute atomic E-state index is 0.343. The van der Waals surface area contributed by atoms with Gasteiger partial charge in [0.05, 0.1) is 12.6 Å². The monoisotopic (exact) mass is 200 g/mol. The SMILES string of the molecule is CCCN=C(NN)NC1CCCOC1. The van der Waals surface area contributed by atoms with Crippen LogP contribution in [-0.4, -0.2) is 31.8 Å². The van der Waals surface area contributed by atoms with Gasteiger partial charge in [0.15, 0.2) is 0 Å². The second-order valence-corrected chi connectivity index (χ2v) is 3.43. The third-order valence-corrected chi connectivity index (χ3v) is 2.13. The molecule has 1 aliphatic rings. The summed E-state index contributed by atoms with van der Waals surface area (Å²) in [5.74, 6) is 6.02. The van der Waals surface area contributed by atoms with Gasteiger partial charge in [0.25, 0.3) is 0 Å². The topological polar surface area (TPSA) is 71.7 Å². The van der Waals surface area contributed by atoms with Gasteiger partial charge in [-0.1, -0.05) is 6.92 Å². The fourth-order valence-electron chi connectivity index (χ4n) is 1.40. The van der Waals surface area contributed by atoms with E-state index in [1.807, 2.05) is 0 Å². The van der Waals surface area contributed by atoms with Crippen LogP contribution in [-0.2, 0) is 4.74 Å². The molecule has 1 aliphatic heterocycles. The van der Waals surface area contributed by atoms with E-state index >= 15 is 0 Å². The highest BCUT2D eigenvalue weighted by molar-refractivity contribution is 5.79. The summed E-state index contributed by atoms with van der Waals surface area (Å²) in [7, 11) is 0. The Morgan fingerprint density at radius 1 is 1.64 bits per heavy atom. The molecule has 0 radical (unpaired) electrons. The zero-order valence-corrected chi connectivity index (χ0v) is 8.75. The minimum Gasteiger partial charge on any atom is -0.379 e. The Morgan fingerprint density at radius 2 is 2.50 bits per heavy atom. The van der Waals surface area contributed by atoms with Gasteiger partial charge in [-0.25, -0.2) is 5.84 Å². The summed E-state index contributed by atoms with van der Waals surface area (Å²) in [6.07, 6.45) is 3.24. The van der Waals surface area contributed by atoms with Crippen molar-refractivity contribution in [2.24, 2.45) is 10.8 Å². The van der Waals surface area contributed by atoms with E-state index in [1.54, 1.807) is 0 Å². The molecule has 1 rings (SSSR count). The summed E-state index contributed by atoms with van der Waals surface area (Å²) in [5, 5.41) is 3.23. The van der Waals surface area contributed by atoms with E-state index in [0.29, 0.717) is 12.0 Å². The third-order valence-electron chi connectivity index (χ3n) is 2.13. The molecule has 0 bridgehead atoms. The predicted molar refractivity (Wildman–Crippen MR) is 56.9 cm³/mol. The van der Waals surface area contributed by atoms with Gasteiger partial charge in [-0.15, -0.1) is 0 Å². The maximum Gasteiger partial charge on any atom is 0.206 e. The average molecular weight is 200 g/mol. The summed E-state index contributed by atoms with van der Waals surface area (Å²) in [6, 6.07) is 0.343. The smallest absolute Gasteiger partial charge is 0.206 e. The Hall–Kier alpha value is -0.810. The second kappa shape index (κ2) is 6.62. The fraction of sp³-hybridized carbons (Fsp3) is 0.889. The van der Waals surface area contributed by atoms with Crippen molar-refractivity contribution in [3.8, 4) is 0 Å². The van der Waals surface area contributed by atoms with Gasteiger partial charge in [-0.2, -0.15) is 0 Å². The lowest BCUT2D eigenvalue weighted by atomic mass is 10.1. The lowest BCUT2D eigenvalue weighted by molar-refractivity contribution is 0.0761. The molecule has 4 N–H and O–H groups in total. The molecule has 1 unspecified atom stereocenters. The first-order valence-electron chi connectivity index (χ1n) is 5.22. The molecule has 82 valence electrons. The van der Waals surface area contributed by atoms with Gasteiger partial charge in [-0.3, -0.25) is 10.4 Å². The van der Waals surface area contributed by atoms with Crippen LogP contribution in [0.1, 0.15) is 26.2 Å². The predicted octanol–water partition coefficient (Wildman–Crippen LogP) is -0.0157. The molecule has 14 heavy (non-hydrogen) atoms. The van der Waals surface area contributed by atoms with Crippen molar-refractivity contribution in [2.45, 2.75) is 32.2 Å². The van der Waals surface area contributed by atoms with Gasteiger partial charge in [-0.05, 0) is 19.3 Å². The van der Waals surface area contributed by atoms with Gasteiger partial charge in [0, 0.05) is 13.2 Å². The van der Waals surface area contributed by atoms with Gasteiger partial charge in [0.2, 0.25) is 5.96 Å². The molecule has 0 aromatic carbocycles. The number of guanidine groups is 1. The molecule has 0 amide bonds. The normalized spacial score (nSPS) is 23.3. The first kappa shape index (κ1) is 11.3. The number of rotatable bonds is 3. The van der Waals surface area contributed by atoms with Crippen LogP contribution < -0.4 is 16.6 Å². The van der Waals surface area contributed by atoms with Gasteiger partial charge in [0.1, 0.15) is 0 Å². The lowest BCUT2D eigenvalue weighted by Gasteiger charge is -2.24. The number of hydrogen-bond acceptors (Lipinski definition) is 3. The summed E-state index contributed by atoms with van der Waals surface area (Å²) in [6.45, 7) is 4.49. The molecule has 0 spiro atoms. The van der Waals surface area contributed by atoms with Crippen LogP contribution in [0.15, 0.2) is 4.99 Å². The van der Waals surface area contributed by atoms with Crippen LogP contribution in [0.25, 0.3) is 0 Å². The molecule has 5 nitrogen and oxygen atoms in total. The Morgan fingerprint density at radius 3 is 3.07 bits per heavy atom. The number of nitrogens with zero attached hydrogens (tertiary/aromatic N) is 1. The fourth-order valence-corrected chi connectivity index (χ4v) is 1.40. The van der Waals surface area contributed by atoms with Crippen molar-refractivity contribution >= 4 is 5.96 Å². The van der Waals surface area contributed by atoms with E-state index in [-0.39, 0.29) is 0 Å². The number of hydrogen-bond donors (Lipinski definition) is 3. The van der Waals surface area contributed by atoms with Gasteiger partial charge < -0.3 is 10.1 Å². The molecular formula is C9H20N4O. The lowest BCUT2D eigenvalue weighted by Crippen LogP contribution is -2.49. The molecule has 1 fully saturated rings. The molecule has 1 saturated heterocycles. The van der Waals surface area contributed by atoms with E-state index in [9.17, 15) is 0 Å². The van der Waals surface area contributed by atoms with E-state index in [2.05, 4.69) is 22.7 Å². The molecular weight excluding hydrogens is 180 g/mol. The molecule has 5 heteroatoms. The van der Waals surface area contributed by atoms with Crippen LogP contribution >= 0.6 is 0 Å². The molecule has 0 aromatic heterocycles. The summed E-state index contributed by atoms with van der Waals surface area (Å²) >= 11 is 0. The summed E-state index contributed by atoms with van der Waals surface area (Å²) in [5.41, 5.74) is 2.57. The molecule has 1 atom stereocenters. The van der Waals surface area contributed by atoms with Crippen LogP contribution in [0.5, 0.6) is 0 Å². The van der Waals surface area contributed by atoms with E-state index in [1.165, 1.54) is 0 Å². The molecule has 0 saturated carbocycles. The van der Waals surface area contributed by atoms with E-state index in [4.69, 9.17) is 10.6 Å². The number of ether oxygens (including phenoxy) is 1. The molecule has 0 aliphatic carbocycles.